The van der Waals surface area contributed by atoms with Crippen molar-refractivity contribution >= 4 is 21.8 Å². The van der Waals surface area contributed by atoms with Gasteiger partial charge in [0.1, 0.15) is 12.4 Å². The summed E-state index contributed by atoms with van der Waals surface area (Å²) in [7, 11) is 0. The maximum Gasteiger partial charge on any atom is 0.411 e. The molecule has 1 aliphatic heterocycles. The van der Waals surface area contributed by atoms with Gasteiger partial charge in [-0.15, -0.1) is 0 Å². The van der Waals surface area contributed by atoms with Crippen LogP contribution in [0.15, 0.2) is 46.9 Å². The number of hydrogen-bond acceptors (Lipinski definition) is 3. The summed E-state index contributed by atoms with van der Waals surface area (Å²) in [6.07, 6.45) is -3.70. The lowest BCUT2D eigenvalue weighted by Crippen LogP contribution is -2.32. The predicted octanol–water partition coefficient (Wildman–Crippen LogP) is 4.78. The van der Waals surface area contributed by atoms with E-state index in [1.54, 1.807) is 24.3 Å². The summed E-state index contributed by atoms with van der Waals surface area (Å²) in [4.78, 5) is 12.5. The summed E-state index contributed by atoms with van der Waals surface area (Å²) >= 11 is 3.42. The highest BCUT2D eigenvalue weighted by Gasteiger charge is 2.27. The maximum absolute atomic E-state index is 12.5. The van der Waals surface area contributed by atoms with Crippen LogP contribution in [0.4, 0.5) is 13.2 Å². The Morgan fingerprint density at radius 2 is 1.96 bits per heavy atom. The standard InChI is InChI=1S/C19H17BrF3NO3/c20-14-5-6-17-15(9-14)16(7-8-27-17)24-18(25)13-3-1-12(2-4-13)10-26-11-19(21,22)23/h1-6,9,16H,7-8,10-11H2,(H,24,25). The molecule has 144 valence electrons. The molecule has 0 fully saturated rings. The molecule has 3 rings (SSSR count). The van der Waals surface area contributed by atoms with Gasteiger partial charge in [0.05, 0.1) is 19.3 Å². The van der Waals surface area contributed by atoms with E-state index in [1.165, 1.54) is 0 Å². The normalized spacial score (nSPS) is 16.4. The second-order valence-corrected chi connectivity index (χ2v) is 7.07. The monoisotopic (exact) mass is 443 g/mol. The maximum atomic E-state index is 12.5. The van der Waals surface area contributed by atoms with Crippen LogP contribution in [0.25, 0.3) is 0 Å². The van der Waals surface area contributed by atoms with Crippen LogP contribution in [0.3, 0.4) is 0 Å². The number of carbonyl (C=O) groups is 1. The van der Waals surface area contributed by atoms with Crippen molar-refractivity contribution in [2.24, 2.45) is 0 Å². The van der Waals surface area contributed by atoms with Crippen molar-refractivity contribution in [1.29, 1.82) is 0 Å². The van der Waals surface area contributed by atoms with Crippen molar-refractivity contribution in [3.8, 4) is 5.75 Å². The second kappa shape index (κ2) is 8.31. The van der Waals surface area contributed by atoms with Gasteiger partial charge < -0.3 is 14.8 Å². The van der Waals surface area contributed by atoms with Gasteiger partial charge in [0.25, 0.3) is 5.91 Å². The molecule has 2 aromatic rings. The van der Waals surface area contributed by atoms with E-state index in [0.29, 0.717) is 24.2 Å². The average Bonchev–Trinajstić information content (AvgIpc) is 2.62. The van der Waals surface area contributed by atoms with Crippen molar-refractivity contribution in [3.63, 3.8) is 0 Å². The van der Waals surface area contributed by atoms with Crippen LogP contribution in [-0.4, -0.2) is 25.3 Å². The number of ether oxygens (including phenoxy) is 2. The summed E-state index contributed by atoms with van der Waals surface area (Å²) in [6.45, 7) is -0.953. The van der Waals surface area contributed by atoms with E-state index < -0.39 is 12.8 Å². The lowest BCUT2D eigenvalue weighted by atomic mass is 10.00. The summed E-state index contributed by atoms with van der Waals surface area (Å²) < 4.78 is 47.4. The van der Waals surface area contributed by atoms with E-state index in [-0.39, 0.29) is 18.6 Å². The van der Waals surface area contributed by atoms with Crippen LogP contribution < -0.4 is 10.1 Å². The third-order valence-electron chi connectivity index (χ3n) is 4.07. The Morgan fingerprint density at radius 3 is 2.67 bits per heavy atom. The molecule has 1 atom stereocenters. The van der Waals surface area contributed by atoms with E-state index >= 15 is 0 Å². The summed E-state index contributed by atoms with van der Waals surface area (Å²) in [5.41, 5.74) is 1.90. The van der Waals surface area contributed by atoms with Crippen LogP contribution in [0.2, 0.25) is 0 Å². The third-order valence-corrected chi connectivity index (χ3v) is 4.56. The van der Waals surface area contributed by atoms with Crippen LogP contribution in [0, 0.1) is 0 Å². The minimum atomic E-state index is -4.35. The number of alkyl halides is 3. The van der Waals surface area contributed by atoms with E-state index in [9.17, 15) is 18.0 Å². The Bertz CT molecular complexity index is 809. The molecule has 0 radical (unpaired) electrons. The highest BCUT2D eigenvalue weighted by atomic mass is 79.9. The van der Waals surface area contributed by atoms with Gasteiger partial charge in [-0.2, -0.15) is 13.2 Å². The third kappa shape index (κ3) is 5.46. The quantitative estimate of drug-likeness (QED) is 0.722. The minimum Gasteiger partial charge on any atom is -0.493 e. The molecule has 0 bridgehead atoms. The summed E-state index contributed by atoms with van der Waals surface area (Å²) in [5.74, 6) is 0.488. The summed E-state index contributed by atoms with van der Waals surface area (Å²) in [6, 6.07) is 11.8. The fraction of sp³-hybridized carbons (Fsp3) is 0.316. The molecule has 1 heterocycles. The van der Waals surface area contributed by atoms with E-state index in [2.05, 4.69) is 26.0 Å². The Morgan fingerprint density at radius 1 is 1.22 bits per heavy atom. The summed E-state index contributed by atoms with van der Waals surface area (Å²) in [5, 5.41) is 2.98. The second-order valence-electron chi connectivity index (χ2n) is 6.15. The molecule has 27 heavy (non-hydrogen) atoms. The molecule has 0 aliphatic carbocycles. The van der Waals surface area contributed by atoms with Gasteiger partial charge in [0.15, 0.2) is 0 Å². The molecular formula is C19H17BrF3NO3. The lowest BCUT2D eigenvalue weighted by Gasteiger charge is -2.27. The Kier molecular flexibility index (Phi) is 6.06. The fourth-order valence-electron chi connectivity index (χ4n) is 2.79. The van der Waals surface area contributed by atoms with Crippen molar-refractivity contribution in [2.75, 3.05) is 13.2 Å². The fourth-order valence-corrected chi connectivity index (χ4v) is 3.17. The first kappa shape index (κ1) is 19.7. The van der Waals surface area contributed by atoms with Gasteiger partial charge in [-0.3, -0.25) is 4.79 Å². The predicted molar refractivity (Wildman–Crippen MR) is 96.6 cm³/mol. The van der Waals surface area contributed by atoms with Gasteiger partial charge in [0.2, 0.25) is 0 Å². The molecule has 1 unspecified atom stereocenters. The van der Waals surface area contributed by atoms with Gasteiger partial charge in [-0.05, 0) is 35.9 Å². The SMILES string of the molecule is O=C(NC1CCOc2ccc(Br)cc21)c1ccc(COCC(F)(F)F)cc1. The van der Waals surface area contributed by atoms with Gasteiger partial charge >= 0.3 is 6.18 Å². The number of amides is 1. The number of halogens is 4. The zero-order valence-corrected chi connectivity index (χ0v) is 15.8. The topological polar surface area (TPSA) is 47.6 Å². The Labute approximate surface area is 162 Å². The molecule has 4 nitrogen and oxygen atoms in total. The number of hydrogen-bond donors (Lipinski definition) is 1. The number of fused-ring (bicyclic) bond motifs is 1. The Hall–Kier alpha value is -2.06. The molecule has 0 saturated heterocycles. The van der Waals surface area contributed by atoms with E-state index in [4.69, 9.17) is 4.74 Å². The molecule has 2 aromatic carbocycles. The van der Waals surface area contributed by atoms with Crippen molar-refractivity contribution in [2.45, 2.75) is 25.2 Å². The number of benzene rings is 2. The molecular weight excluding hydrogens is 427 g/mol. The lowest BCUT2D eigenvalue weighted by molar-refractivity contribution is -0.176. The van der Waals surface area contributed by atoms with Gasteiger partial charge in [0, 0.05) is 22.0 Å². The van der Waals surface area contributed by atoms with Crippen LogP contribution in [-0.2, 0) is 11.3 Å². The first-order valence-corrected chi connectivity index (χ1v) is 9.08. The van der Waals surface area contributed by atoms with Crippen LogP contribution in [0.5, 0.6) is 5.75 Å². The smallest absolute Gasteiger partial charge is 0.411 e. The van der Waals surface area contributed by atoms with Crippen molar-refractivity contribution < 1.29 is 27.4 Å². The minimum absolute atomic E-state index is 0.164. The van der Waals surface area contributed by atoms with Gasteiger partial charge in [-0.1, -0.05) is 28.1 Å². The van der Waals surface area contributed by atoms with E-state index in [0.717, 1.165) is 15.8 Å². The molecule has 0 saturated carbocycles. The first-order valence-electron chi connectivity index (χ1n) is 8.28. The Balaban J connectivity index is 1.61. The average molecular weight is 444 g/mol. The van der Waals surface area contributed by atoms with E-state index in [1.807, 2.05) is 18.2 Å². The number of carbonyl (C=O) groups excluding carboxylic acids is 1. The largest absolute Gasteiger partial charge is 0.493 e. The van der Waals surface area contributed by atoms with Crippen LogP contribution >= 0.6 is 15.9 Å². The first-order chi connectivity index (χ1) is 12.8. The zero-order chi connectivity index (χ0) is 19.4. The number of rotatable bonds is 5. The molecule has 0 spiro atoms. The molecule has 1 N–H and O–H groups in total. The highest BCUT2D eigenvalue weighted by Crippen LogP contribution is 2.34. The highest BCUT2D eigenvalue weighted by molar-refractivity contribution is 9.10. The number of nitrogens with one attached hydrogen (secondary N) is 1. The molecule has 0 aromatic heterocycles. The van der Waals surface area contributed by atoms with Crippen molar-refractivity contribution in [3.05, 3.63) is 63.6 Å². The van der Waals surface area contributed by atoms with Crippen molar-refractivity contribution in [1.82, 2.24) is 5.32 Å². The van der Waals surface area contributed by atoms with Crippen LogP contribution in [0.1, 0.15) is 33.9 Å². The molecule has 8 heteroatoms. The van der Waals surface area contributed by atoms with Gasteiger partial charge in [-0.25, -0.2) is 0 Å². The zero-order valence-electron chi connectivity index (χ0n) is 14.2. The molecule has 1 aliphatic rings. The molecule has 1 amide bonds.